The van der Waals surface area contributed by atoms with Gasteiger partial charge in [0.2, 0.25) is 10.0 Å². The lowest BCUT2D eigenvalue weighted by Crippen LogP contribution is -2.41. The Morgan fingerprint density at radius 1 is 1.13 bits per heavy atom. The predicted octanol–water partition coefficient (Wildman–Crippen LogP) is 4.29. The highest BCUT2D eigenvalue weighted by Crippen LogP contribution is 2.28. The molecular formula is C16H24Cl2N2O2S. The van der Waals surface area contributed by atoms with Crippen molar-refractivity contribution in [1.82, 2.24) is 4.72 Å². The quantitative estimate of drug-likeness (QED) is 0.775. The van der Waals surface area contributed by atoms with Crippen molar-refractivity contribution in [2.24, 2.45) is 5.92 Å². The third kappa shape index (κ3) is 5.52. The Hall–Kier alpha value is -0.490. The first-order valence-corrected chi connectivity index (χ1v) is 10.3. The molecule has 0 bridgehead atoms. The van der Waals surface area contributed by atoms with Gasteiger partial charge in [-0.15, -0.1) is 0 Å². The van der Waals surface area contributed by atoms with Crippen molar-refractivity contribution >= 4 is 38.9 Å². The summed E-state index contributed by atoms with van der Waals surface area (Å²) < 4.78 is 26.6. The summed E-state index contributed by atoms with van der Waals surface area (Å²) in [6.07, 6.45) is 3.80. The molecule has 0 heterocycles. The molecule has 1 aromatic rings. The SMILES string of the molecule is CC(C)S(=O)(=O)N[C@H]1CC[C@H](CNc2ccc(Cl)c(Cl)c2)CC1. The van der Waals surface area contributed by atoms with Crippen molar-refractivity contribution in [3.05, 3.63) is 28.2 Å². The molecule has 0 unspecified atom stereocenters. The Kier molecular flexibility index (Phi) is 6.60. The molecule has 130 valence electrons. The van der Waals surface area contributed by atoms with Crippen LogP contribution in [0.4, 0.5) is 5.69 Å². The molecule has 0 radical (unpaired) electrons. The van der Waals surface area contributed by atoms with E-state index in [2.05, 4.69) is 10.0 Å². The number of hydrogen-bond donors (Lipinski definition) is 2. The lowest BCUT2D eigenvalue weighted by atomic mass is 9.86. The lowest BCUT2D eigenvalue weighted by Gasteiger charge is -2.29. The van der Waals surface area contributed by atoms with Crippen LogP contribution >= 0.6 is 23.2 Å². The largest absolute Gasteiger partial charge is 0.385 e. The van der Waals surface area contributed by atoms with Gasteiger partial charge in [0.1, 0.15) is 0 Å². The zero-order chi connectivity index (χ0) is 17.0. The van der Waals surface area contributed by atoms with Gasteiger partial charge in [0, 0.05) is 18.3 Å². The van der Waals surface area contributed by atoms with Gasteiger partial charge < -0.3 is 5.32 Å². The average Bonchev–Trinajstić information content (AvgIpc) is 2.49. The van der Waals surface area contributed by atoms with Gasteiger partial charge in [-0.3, -0.25) is 0 Å². The molecule has 0 aliphatic heterocycles. The molecule has 0 aromatic heterocycles. The smallest absolute Gasteiger partial charge is 0.214 e. The zero-order valence-corrected chi connectivity index (χ0v) is 15.8. The van der Waals surface area contributed by atoms with Crippen LogP contribution in [0.25, 0.3) is 0 Å². The van der Waals surface area contributed by atoms with Gasteiger partial charge in [-0.2, -0.15) is 0 Å². The van der Waals surface area contributed by atoms with E-state index in [1.165, 1.54) is 0 Å². The van der Waals surface area contributed by atoms with Crippen LogP contribution in [0.1, 0.15) is 39.5 Å². The summed E-state index contributed by atoms with van der Waals surface area (Å²) in [4.78, 5) is 0. The number of hydrogen-bond acceptors (Lipinski definition) is 3. The number of benzene rings is 1. The maximum atomic E-state index is 11.9. The third-order valence-electron chi connectivity index (χ3n) is 4.31. The second-order valence-corrected chi connectivity index (χ2v) is 9.52. The Balaban J connectivity index is 1.77. The molecule has 0 amide bonds. The van der Waals surface area contributed by atoms with Gasteiger partial charge in [0.15, 0.2) is 0 Å². The van der Waals surface area contributed by atoms with Crippen LogP contribution in [-0.2, 0) is 10.0 Å². The second kappa shape index (κ2) is 8.06. The highest BCUT2D eigenvalue weighted by atomic mass is 35.5. The summed E-state index contributed by atoms with van der Waals surface area (Å²) in [5.74, 6) is 0.546. The van der Waals surface area contributed by atoms with Crippen molar-refractivity contribution < 1.29 is 8.42 Å². The molecule has 1 fully saturated rings. The normalized spacial score (nSPS) is 22.3. The summed E-state index contributed by atoms with van der Waals surface area (Å²) in [5, 5.41) is 4.10. The predicted molar refractivity (Wildman–Crippen MR) is 97.9 cm³/mol. The minimum Gasteiger partial charge on any atom is -0.385 e. The van der Waals surface area contributed by atoms with E-state index in [-0.39, 0.29) is 11.3 Å². The Morgan fingerprint density at radius 2 is 1.78 bits per heavy atom. The summed E-state index contributed by atoms with van der Waals surface area (Å²) in [7, 11) is -3.17. The standard InChI is InChI=1S/C16H24Cl2N2O2S/c1-11(2)23(21,22)20-13-5-3-12(4-6-13)10-19-14-7-8-15(17)16(18)9-14/h7-9,11-13,19-20H,3-6,10H2,1-2H3/t12-,13-. The molecule has 7 heteroatoms. The fraction of sp³-hybridized carbons (Fsp3) is 0.625. The fourth-order valence-corrected chi connectivity index (χ4v) is 3.99. The number of halogens is 2. The first-order chi connectivity index (χ1) is 10.8. The lowest BCUT2D eigenvalue weighted by molar-refractivity contribution is 0.323. The van der Waals surface area contributed by atoms with Crippen molar-refractivity contribution in [3.63, 3.8) is 0 Å². The van der Waals surface area contributed by atoms with Crippen LogP contribution in [0.3, 0.4) is 0 Å². The van der Waals surface area contributed by atoms with Crippen molar-refractivity contribution in [2.45, 2.75) is 50.8 Å². The van der Waals surface area contributed by atoms with Crippen LogP contribution in [0, 0.1) is 5.92 Å². The van der Waals surface area contributed by atoms with Gasteiger partial charge in [0.25, 0.3) is 0 Å². The molecule has 2 rings (SSSR count). The topological polar surface area (TPSA) is 58.2 Å². The molecule has 2 N–H and O–H groups in total. The maximum absolute atomic E-state index is 11.9. The van der Waals surface area contributed by atoms with Gasteiger partial charge in [-0.25, -0.2) is 13.1 Å². The highest BCUT2D eigenvalue weighted by Gasteiger charge is 2.26. The first kappa shape index (κ1) is 18.8. The summed E-state index contributed by atoms with van der Waals surface area (Å²) in [5.41, 5.74) is 0.960. The van der Waals surface area contributed by atoms with Crippen LogP contribution in [0.2, 0.25) is 10.0 Å². The molecular weight excluding hydrogens is 355 g/mol. The molecule has 1 aliphatic carbocycles. The van der Waals surface area contributed by atoms with E-state index >= 15 is 0 Å². The molecule has 1 aromatic carbocycles. The summed E-state index contributed by atoms with van der Waals surface area (Å²) in [6.45, 7) is 4.27. The second-order valence-electron chi connectivity index (χ2n) is 6.44. The minimum atomic E-state index is -3.17. The molecule has 1 aliphatic rings. The van der Waals surface area contributed by atoms with E-state index in [1.807, 2.05) is 12.1 Å². The first-order valence-electron chi connectivity index (χ1n) is 7.98. The summed E-state index contributed by atoms with van der Waals surface area (Å²) in [6, 6.07) is 5.59. The zero-order valence-electron chi connectivity index (χ0n) is 13.5. The van der Waals surface area contributed by atoms with E-state index in [4.69, 9.17) is 23.2 Å². The molecule has 0 saturated heterocycles. The van der Waals surface area contributed by atoms with Crippen molar-refractivity contribution in [3.8, 4) is 0 Å². The van der Waals surface area contributed by atoms with Crippen molar-refractivity contribution in [2.75, 3.05) is 11.9 Å². The number of anilines is 1. The Morgan fingerprint density at radius 3 is 2.35 bits per heavy atom. The van der Waals surface area contributed by atoms with Gasteiger partial charge in [-0.1, -0.05) is 23.2 Å². The van der Waals surface area contributed by atoms with Crippen LogP contribution in [-0.4, -0.2) is 26.3 Å². The third-order valence-corrected chi connectivity index (χ3v) is 6.95. The molecule has 0 atom stereocenters. The van der Waals surface area contributed by atoms with Gasteiger partial charge >= 0.3 is 0 Å². The maximum Gasteiger partial charge on any atom is 0.214 e. The van der Waals surface area contributed by atoms with E-state index in [0.29, 0.717) is 16.0 Å². The van der Waals surface area contributed by atoms with Crippen LogP contribution in [0.5, 0.6) is 0 Å². The molecule has 1 saturated carbocycles. The van der Waals surface area contributed by atoms with E-state index in [0.717, 1.165) is 37.9 Å². The van der Waals surface area contributed by atoms with E-state index < -0.39 is 10.0 Å². The van der Waals surface area contributed by atoms with E-state index in [1.54, 1.807) is 19.9 Å². The fourth-order valence-electron chi connectivity index (χ4n) is 2.72. The number of nitrogens with one attached hydrogen (secondary N) is 2. The molecule has 0 spiro atoms. The number of rotatable bonds is 6. The van der Waals surface area contributed by atoms with Gasteiger partial charge in [-0.05, 0) is 63.6 Å². The van der Waals surface area contributed by atoms with E-state index in [9.17, 15) is 8.42 Å². The van der Waals surface area contributed by atoms with Crippen molar-refractivity contribution in [1.29, 1.82) is 0 Å². The average molecular weight is 379 g/mol. The Bertz CT molecular complexity index is 627. The van der Waals surface area contributed by atoms with Crippen LogP contribution in [0.15, 0.2) is 18.2 Å². The molecule has 4 nitrogen and oxygen atoms in total. The summed E-state index contributed by atoms with van der Waals surface area (Å²) >= 11 is 11.9. The number of sulfonamides is 1. The van der Waals surface area contributed by atoms with Gasteiger partial charge in [0.05, 0.1) is 15.3 Å². The minimum absolute atomic E-state index is 0.0728. The Labute approximate surface area is 149 Å². The monoisotopic (exact) mass is 378 g/mol. The van der Waals surface area contributed by atoms with Crippen LogP contribution < -0.4 is 10.0 Å². The highest BCUT2D eigenvalue weighted by molar-refractivity contribution is 7.90. The molecule has 23 heavy (non-hydrogen) atoms.